The Morgan fingerprint density at radius 2 is 1.83 bits per heavy atom. The summed E-state index contributed by atoms with van der Waals surface area (Å²) in [6, 6.07) is 14.1. The molecule has 0 atom stereocenters. The van der Waals surface area contributed by atoms with Gasteiger partial charge in [0.15, 0.2) is 0 Å². The zero-order valence-electron chi connectivity index (χ0n) is 12.8. The number of hydrogen-bond acceptors (Lipinski definition) is 5. The lowest BCUT2D eigenvalue weighted by Crippen LogP contribution is -2.16. The Balaban J connectivity index is 2.27. The summed E-state index contributed by atoms with van der Waals surface area (Å²) in [6.45, 7) is 1.57. The number of hydrogen-bond donors (Lipinski definition) is 1. The normalized spacial score (nSPS) is 10.4. The number of carbonyl (C=O) groups excluding carboxylic acids is 1. The van der Waals surface area contributed by atoms with Gasteiger partial charge in [-0.05, 0) is 17.7 Å². The Morgan fingerprint density at radius 1 is 1.13 bits per heavy atom. The first-order valence-corrected chi connectivity index (χ1v) is 7.97. The maximum Gasteiger partial charge on any atom is 0.308 e. The molecule has 0 N–H and O–H groups in total. The number of esters is 1. The van der Waals surface area contributed by atoms with Crippen molar-refractivity contribution in [1.29, 1.82) is 0 Å². The van der Waals surface area contributed by atoms with Gasteiger partial charge in [-0.1, -0.05) is 30.3 Å². The number of benzene rings is 2. The van der Waals surface area contributed by atoms with Gasteiger partial charge < -0.3 is 9.47 Å². The molecule has 0 spiro atoms. The van der Waals surface area contributed by atoms with E-state index in [2.05, 4.69) is 0 Å². The van der Waals surface area contributed by atoms with Crippen LogP contribution < -0.4 is 13.8 Å². The first-order valence-electron chi connectivity index (χ1n) is 6.84. The van der Waals surface area contributed by atoms with Gasteiger partial charge in [-0.3, -0.25) is 9.10 Å². The minimum Gasteiger partial charge on any atom is -0.487 e. The smallest absolute Gasteiger partial charge is 0.308 e. The van der Waals surface area contributed by atoms with Gasteiger partial charge in [-0.2, -0.15) is 0 Å². The van der Waals surface area contributed by atoms with Crippen LogP contribution in [0.4, 0.5) is 5.69 Å². The van der Waals surface area contributed by atoms with Gasteiger partial charge in [-0.25, -0.2) is 8.42 Å². The number of ether oxygens (including phenoxy) is 2. The second-order valence-electron chi connectivity index (χ2n) is 4.76. The molecular formula is C16H17NO5S. The quantitative estimate of drug-likeness (QED) is 0.497. The molecule has 122 valence electrons. The number of rotatable bonds is 6. The van der Waals surface area contributed by atoms with Crippen LogP contribution in [0.3, 0.4) is 0 Å². The van der Waals surface area contributed by atoms with Crippen LogP contribution in [-0.4, -0.2) is 21.4 Å². The van der Waals surface area contributed by atoms with E-state index >= 15 is 0 Å². The van der Waals surface area contributed by atoms with Crippen LogP contribution in [0.5, 0.6) is 11.5 Å². The Labute approximate surface area is 136 Å². The van der Waals surface area contributed by atoms with E-state index in [9.17, 15) is 13.2 Å². The first-order chi connectivity index (χ1) is 11.0. The van der Waals surface area contributed by atoms with Crippen molar-refractivity contribution in [3.05, 3.63) is 54.1 Å². The molecule has 23 heavy (non-hydrogen) atoms. The molecule has 0 fully saturated rings. The monoisotopic (exact) mass is 335 g/mol. The number of nitrogens with zero attached hydrogens (tertiary/aromatic N) is 1. The Kier molecular flexibility index (Phi) is 5.59. The molecule has 0 aliphatic heterocycles. The third-order valence-corrected chi connectivity index (χ3v) is 3.73. The van der Waals surface area contributed by atoms with Crippen molar-refractivity contribution >= 4 is 22.5 Å². The van der Waals surface area contributed by atoms with Crippen molar-refractivity contribution in [2.75, 3.05) is 11.4 Å². The second kappa shape index (κ2) is 7.64. The molecule has 0 aromatic heterocycles. The van der Waals surface area contributed by atoms with E-state index in [1.165, 1.54) is 20.0 Å². The maximum absolute atomic E-state index is 11.3. The molecule has 2 rings (SSSR count). The lowest BCUT2D eigenvalue weighted by atomic mass is 10.2. The summed E-state index contributed by atoms with van der Waals surface area (Å²) in [6.07, 6.45) is 0. The summed E-state index contributed by atoms with van der Waals surface area (Å²) < 4.78 is 34.3. The van der Waals surface area contributed by atoms with Gasteiger partial charge in [0.05, 0.1) is 5.69 Å². The maximum atomic E-state index is 11.3. The van der Waals surface area contributed by atoms with Crippen molar-refractivity contribution in [3.63, 3.8) is 0 Å². The third kappa shape index (κ3) is 4.72. The molecule has 6 nitrogen and oxygen atoms in total. The topological polar surface area (TPSA) is 72.9 Å². The lowest BCUT2D eigenvalue weighted by Gasteiger charge is -2.18. The minimum absolute atomic E-state index is 0.253. The van der Waals surface area contributed by atoms with Crippen LogP contribution >= 0.6 is 0 Å². The number of anilines is 1. The molecule has 0 aliphatic carbocycles. The fourth-order valence-electron chi connectivity index (χ4n) is 1.92. The van der Waals surface area contributed by atoms with Crippen LogP contribution in [0.15, 0.2) is 48.5 Å². The molecule has 0 radical (unpaired) electrons. The summed E-state index contributed by atoms with van der Waals surface area (Å²) in [5.74, 6) is 0.151. The van der Waals surface area contributed by atoms with Crippen molar-refractivity contribution < 1.29 is 22.7 Å². The van der Waals surface area contributed by atoms with E-state index in [0.29, 0.717) is 18.0 Å². The van der Waals surface area contributed by atoms with Crippen LogP contribution in [0.25, 0.3) is 0 Å². The summed E-state index contributed by atoms with van der Waals surface area (Å²) in [5.41, 5.74) is 1.26. The molecule has 0 unspecified atom stereocenters. The zero-order valence-corrected chi connectivity index (χ0v) is 13.7. The molecule has 7 heteroatoms. The van der Waals surface area contributed by atoms with Crippen molar-refractivity contribution in [1.82, 2.24) is 0 Å². The summed E-state index contributed by atoms with van der Waals surface area (Å²) >= 11 is 0. The second-order valence-corrected chi connectivity index (χ2v) is 5.83. The number of carbonyl (C=O) groups is 1. The molecule has 0 saturated heterocycles. The third-order valence-electron chi connectivity index (χ3n) is 3.02. The van der Waals surface area contributed by atoms with Crippen molar-refractivity contribution in [2.24, 2.45) is 0 Å². The molecule has 2 aromatic rings. The molecular weight excluding hydrogens is 318 g/mol. The fraction of sp³-hybridized carbons (Fsp3) is 0.188. The average molecular weight is 335 g/mol. The molecule has 0 bridgehead atoms. The van der Waals surface area contributed by atoms with Crippen LogP contribution in [-0.2, 0) is 22.3 Å². The largest absolute Gasteiger partial charge is 0.487 e. The van der Waals surface area contributed by atoms with E-state index in [1.807, 2.05) is 30.3 Å². The van der Waals surface area contributed by atoms with Crippen LogP contribution in [0.2, 0.25) is 0 Å². The minimum atomic E-state index is -2.84. The van der Waals surface area contributed by atoms with Gasteiger partial charge in [0.2, 0.25) is 10.9 Å². The Hall–Kier alpha value is -2.54. The highest BCUT2D eigenvalue weighted by molar-refractivity contribution is 7.74. The first kappa shape index (κ1) is 16.8. The zero-order chi connectivity index (χ0) is 16.8. The summed E-state index contributed by atoms with van der Waals surface area (Å²) in [7, 11) is -1.44. The SMILES string of the molecule is CC(=O)Oc1ccc(OCc2ccccc2)c(N(C)[SH](=O)=O)c1. The lowest BCUT2D eigenvalue weighted by molar-refractivity contribution is -0.131. The predicted octanol–water partition coefficient (Wildman–Crippen LogP) is 2.15. The highest BCUT2D eigenvalue weighted by Gasteiger charge is 2.13. The predicted molar refractivity (Wildman–Crippen MR) is 87.2 cm³/mol. The standard InChI is InChI=1S/C16H17NO5S/c1-12(18)22-14-8-9-16(15(10-14)17(2)23(19)20)21-11-13-6-4-3-5-7-13/h3-10,23H,11H2,1-2H3. The van der Waals surface area contributed by atoms with E-state index in [1.54, 1.807) is 12.1 Å². The van der Waals surface area contributed by atoms with Gasteiger partial charge >= 0.3 is 5.97 Å². The average Bonchev–Trinajstić information content (AvgIpc) is 2.53. The van der Waals surface area contributed by atoms with Crippen molar-refractivity contribution in [2.45, 2.75) is 13.5 Å². The van der Waals surface area contributed by atoms with Gasteiger partial charge in [0.25, 0.3) is 0 Å². The van der Waals surface area contributed by atoms with E-state index in [0.717, 1.165) is 9.87 Å². The van der Waals surface area contributed by atoms with E-state index in [4.69, 9.17) is 9.47 Å². The summed E-state index contributed by atoms with van der Waals surface area (Å²) in [5, 5.41) is 0. The summed E-state index contributed by atoms with van der Waals surface area (Å²) in [4.78, 5) is 11.0. The molecule has 0 heterocycles. The molecule has 2 aromatic carbocycles. The van der Waals surface area contributed by atoms with Gasteiger partial charge in [0, 0.05) is 20.0 Å². The van der Waals surface area contributed by atoms with E-state index < -0.39 is 16.9 Å². The molecule has 0 amide bonds. The van der Waals surface area contributed by atoms with Crippen LogP contribution in [0, 0.1) is 0 Å². The number of thiol groups is 1. The Bertz CT molecular complexity index is 750. The van der Waals surface area contributed by atoms with Gasteiger partial charge in [0.1, 0.15) is 18.1 Å². The van der Waals surface area contributed by atoms with Crippen LogP contribution in [0.1, 0.15) is 12.5 Å². The molecule has 0 saturated carbocycles. The fourth-order valence-corrected chi connectivity index (χ4v) is 2.26. The highest BCUT2D eigenvalue weighted by Crippen LogP contribution is 2.32. The molecule has 0 aliphatic rings. The van der Waals surface area contributed by atoms with Crippen molar-refractivity contribution in [3.8, 4) is 11.5 Å². The highest BCUT2D eigenvalue weighted by atomic mass is 32.2. The van der Waals surface area contributed by atoms with E-state index in [-0.39, 0.29) is 5.75 Å². The van der Waals surface area contributed by atoms with Gasteiger partial charge in [-0.15, -0.1) is 0 Å². The Morgan fingerprint density at radius 3 is 2.43 bits per heavy atom.